The van der Waals surface area contributed by atoms with Gasteiger partial charge in [-0.05, 0) is 37.1 Å². The topological polar surface area (TPSA) is 50.4 Å². The van der Waals surface area contributed by atoms with E-state index < -0.39 is 0 Å². The molecule has 5 heteroatoms. The van der Waals surface area contributed by atoms with E-state index in [1.54, 1.807) is 7.11 Å². The van der Waals surface area contributed by atoms with Crippen molar-refractivity contribution in [2.24, 2.45) is 0 Å². The average molecular weight is 285 g/mol. The highest BCUT2D eigenvalue weighted by Gasteiger charge is 2.00. The molecule has 2 N–H and O–H groups in total. The van der Waals surface area contributed by atoms with Gasteiger partial charge in [0.05, 0.1) is 6.54 Å². The molecule has 0 aliphatic rings. The van der Waals surface area contributed by atoms with Crippen LogP contribution in [0, 0.1) is 0 Å². The maximum absolute atomic E-state index is 11.4. The van der Waals surface area contributed by atoms with Crippen molar-refractivity contribution in [3.05, 3.63) is 34.9 Å². The number of nitrogens with one attached hydrogen (secondary N) is 2. The van der Waals surface area contributed by atoms with Crippen LogP contribution in [0.15, 0.2) is 24.3 Å². The van der Waals surface area contributed by atoms with Crippen molar-refractivity contribution < 1.29 is 9.53 Å². The smallest absolute Gasteiger partial charge is 0.233 e. The van der Waals surface area contributed by atoms with Gasteiger partial charge in [-0.25, -0.2) is 0 Å². The first-order valence-corrected chi connectivity index (χ1v) is 6.81. The fraction of sp³-hybridized carbons (Fsp3) is 0.500. The van der Waals surface area contributed by atoms with Gasteiger partial charge in [-0.15, -0.1) is 0 Å². The van der Waals surface area contributed by atoms with E-state index >= 15 is 0 Å². The van der Waals surface area contributed by atoms with Gasteiger partial charge in [0.25, 0.3) is 0 Å². The van der Waals surface area contributed by atoms with Crippen molar-refractivity contribution in [1.29, 1.82) is 0 Å². The Kier molecular flexibility index (Phi) is 8.21. The highest BCUT2D eigenvalue weighted by molar-refractivity contribution is 6.30. The molecule has 0 unspecified atom stereocenters. The minimum absolute atomic E-state index is 0.0159. The predicted molar refractivity (Wildman–Crippen MR) is 77.5 cm³/mol. The van der Waals surface area contributed by atoms with Gasteiger partial charge in [0, 0.05) is 25.3 Å². The lowest BCUT2D eigenvalue weighted by molar-refractivity contribution is -0.120. The average Bonchev–Trinajstić information content (AvgIpc) is 2.40. The SMILES string of the molecule is COCCCNC(=O)CNCCc1cccc(Cl)c1. The summed E-state index contributed by atoms with van der Waals surface area (Å²) in [7, 11) is 1.65. The first kappa shape index (κ1) is 16.0. The van der Waals surface area contributed by atoms with Gasteiger partial charge < -0.3 is 15.4 Å². The van der Waals surface area contributed by atoms with E-state index in [0.29, 0.717) is 19.7 Å². The summed E-state index contributed by atoms with van der Waals surface area (Å²) < 4.78 is 4.90. The largest absolute Gasteiger partial charge is 0.385 e. The molecule has 19 heavy (non-hydrogen) atoms. The quantitative estimate of drug-likeness (QED) is 0.678. The monoisotopic (exact) mass is 284 g/mol. The van der Waals surface area contributed by atoms with E-state index in [4.69, 9.17) is 16.3 Å². The highest BCUT2D eigenvalue weighted by atomic mass is 35.5. The molecular weight excluding hydrogens is 264 g/mol. The number of carbonyl (C=O) groups excluding carboxylic acids is 1. The third-order valence-electron chi connectivity index (χ3n) is 2.61. The summed E-state index contributed by atoms with van der Waals surface area (Å²) in [5, 5.41) is 6.67. The van der Waals surface area contributed by atoms with Crippen molar-refractivity contribution in [2.75, 3.05) is 33.4 Å². The molecule has 4 nitrogen and oxygen atoms in total. The van der Waals surface area contributed by atoms with Crippen molar-refractivity contribution in [2.45, 2.75) is 12.8 Å². The first-order chi connectivity index (χ1) is 9.22. The molecule has 0 spiro atoms. The molecule has 0 fully saturated rings. The van der Waals surface area contributed by atoms with Crippen molar-refractivity contribution in [3.8, 4) is 0 Å². The molecule has 1 aromatic rings. The zero-order chi connectivity index (χ0) is 13.9. The fourth-order valence-electron chi connectivity index (χ4n) is 1.63. The molecular formula is C14H21ClN2O2. The third kappa shape index (κ3) is 7.82. The summed E-state index contributed by atoms with van der Waals surface area (Å²) in [6.07, 6.45) is 1.70. The number of amides is 1. The number of hydrogen-bond acceptors (Lipinski definition) is 3. The highest BCUT2D eigenvalue weighted by Crippen LogP contribution is 2.10. The summed E-state index contributed by atoms with van der Waals surface area (Å²) in [4.78, 5) is 11.4. The number of carbonyl (C=O) groups is 1. The van der Waals surface area contributed by atoms with Crippen molar-refractivity contribution in [1.82, 2.24) is 10.6 Å². The number of hydrogen-bond donors (Lipinski definition) is 2. The minimum atomic E-state index is 0.0159. The molecule has 0 heterocycles. The number of methoxy groups -OCH3 is 1. The Hall–Kier alpha value is -1.10. The lowest BCUT2D eigenvalue weighted by Crippen LogP contribution is -2.35. The number of benzene rings is 1. The van der Waals surface area contributed by atoms with Gasteiger partial charge in [-0.1, -0.05) is 23.7 Å². The minimum Gasteiger partial charge on any atom is -0.385 e. The predicted octanol–water partition coefficient (Wildman–Crippen LogP) is 1.62. The lowest BCUT2D eigenvalue weighted by atomic mass is 10.1. The Morgan fingerprint density at radius 3 is 2.95 bits per heavy atom. The van der Waals surface area contributed by atoms with Gasteiger partial charge in [0.15, 0.2) is 0 Å². The Bertz CT molecular complexity index is 385. The molecule has 0 aromatic heterocycles. The second-order valence-corrected chi connectivity index (χ2v) is 4.69. The zero-order valence-electron chi connectivity index (χ0n) is 11.2. The van der Waals surface area contributed by atoms with Gasteiger partial charge >= 0.3 is 0 Å². The van der Waals surface area contributed by atoms with E-state index in [-0.39, 0.29) is 5.91 Å². The maximum atomic E-state index is 11.4. The molecule has 1 aromatic carbocycles. The van der Waals surface area contributed by atoms with Gasteiger partial charge in [-0.2, -0.15) is 0 Å². The van der Waals surface area contributed by atoms with E-state index in [2.05, 4.69) is 10.6 Å². The summed E-state index contributed by atoms with van der Waals surface area (Å²) in [6.45, 7) is 2.42. The molecule has 0 saturated heterocycles. The molecule has 0 saturated carbocycles. The second-order valence-electron chi connectivity index (χ2n) is 4.25. The molecule has 0 aliphatic heterocycles. The van der Waals surface area contributed by atoms with Crippen LogP contribution in [0.2, 0.25) is 5.02 Å². The van der Waals surface area contributed by atoms with Crippen LogP contribution in [0.4, 0.5) is 0 Å². The van der Waals surface area contributed by atoms with Crippen LogP contribution < -0.4 is 10.6 Å². The van der Waals surface area contributed by atoms with E-state index in [9.17, 15) is 4.79 Å². The number of ether oxygens (including phenoxy) is 1. The van der Waals surface area contributed by atoms with E-state index in [1.165, 1.54) is 5.56 Å². The summed E-state index contributed by atoms with van der Waals surface area (Å²) >= 11 is 5.90. The third-order valence-corrected chi connectivity index (χ3v) is 2.85. The van der Waals surface area contributed by atoms with Gasteiger partial charge in [0.1, 0.15) is 0 Å². The van der Waals surface area contributed by atoms with Crippen LogP contribution in [0.1, 0.15) is 12.0 Å². The van der Waals surface area contributed by atoms with Crippen LogP contribution >= 0.6 is 11.6 Å². The molecule has 1 amide bonds. The van der Waals surface area contributed by atoms with Crippen molar-refractivity contribution >= 4 is 17.5 Å². The van der Waals surface area contributed by atoms with Crippen LogP contribution in [-0.4, -0.2) is 39.3 Å². The molecule has 0 atom stereocenters. The summed E-state index contributed by atoms with van der Waals surface area (Å²) in [6, 6.07) is 7.75. The Balaban J connectivity index is 2.05. The lowest BCUT2D eigenvalue weighted by Gasteiger charge is -2.07. The fourth-order valence-corrected chi connectivity index (χ4v) is 1.85. The Morgan fingerprint density at radius 1 is 1.37 bits per heavy atom. The second kappa shape index (κ2) is 9.78. The molecule has 106 valence electrons. The summed E-state index contributed by atoms with van der Waals surface area (Å²) in [5.74, 6) is 0.0159. The Labute approximate surface area is 119 Å². The Morgan fingerprint density at radius 2 is 2.21 bits per heavy atom. The number of halogens is 1. The molecule has 1 rings (SSSR count). The standard InChI is InChI=1S/C14H21ClN2O2/c1-19-9-3-7-17-14(18)11-16-8-6-12-4-2-5-13(15)10-12/h2,4-5,10,16H,3,6-9,11H2,1H3,(H,17,18). The molecule has 0 radical (unpaired) electrons. The van der Waals surface area contributed by atoms with Crippen LogP contribution in [0.25, 0.3) is 0 Å². The van der Waals surface area contributed by atoms with Crippen LogP contribution in [0.5, 0.6) is 0 Å². The van der Waals surface area contributed by atoms with Crippen molar-refractivity contribution in [3.63, 3.8) is 0 Å². The molecule has 0 bridgehead atoms. The molecule has 0 aliphatic carbocycles. The maximum Gasteiger partial charge on any atom is 0.233 e. The zero-order valence-corrected chi connectivity index (χ0v) is 12.0. The van der Waals surface area contributed by atoms with Gasteiger partial charge in [-0.3, -0.25) is 4.79 Å². The van der Waals surface area contributed by atoms with E-state index in [1.807, 2.05) is 24.3 Å². The number of rotatable bonds is 9. The van der Waals surface area contributed by atoms with Gasteiger partial charge in [0.2, 0.25) is 5.91 Å². The first-order valence-electron chi connectivity index (χ1n) is 6.43. The normalized spacial score (nSPS) is 10.4. The van der Waals surface area contributed by atoms with Crippen LogP contribution in [-0.2, 0) is 16.0 Å². The van der Waals surface area contributed by atoms with Crippen LogP contribution in [0.3, 0.4) is 0 Å². The summed E-state index contributed by atoms with van der Waals surface area (Å²) in [5.41, 5.74) is 1.17. The van der Waals surface area contributed by atoms with E-state index in [0.717, 1.165) is 24.4 Å².